The predicted octanol–water partition coefficient (Wildman–Crippen LogP) is 7.19. The second-order valence-corrected chi connectivity index (χ2v) is 14.5. The quantitative estimate of drug-likeness (QED) is 0.137. The number of carbonyl (C=O) groups is 2. The van der Waals surface area contributed by atoms with Crippen molar-refractivity contribution in [1.82, 2.24) is 14.8 Å². The van der Waals surface area contributed by atoms with Crippen molar-refractivity contribution in [2.75, 3.05) is 26.2 Å². The Bertz CT molecular complexity index is 1850. The number of nitrogens with zero attached hydrogens (tertiary/aromatic N) is 2. The Labute approximate surface area is 284 Å². The first-order valence-electron chi connectivity index (χ1n) is 17.2. The van der Waals surface area contributed by atoms with E-state index >= 15 is 0 Å². The van der Waals surface area contributed by atoms with Crippen LogP contribution in [-0.2, 0) is 11.3 Å². The van der Waals surface area contributed by atoms with Crippen molar-refractivity contribution < 1.29 is 23.8 Å². The van der Waals surface area contributed by atoms with Crippen molar-refractivity contribution >= 4 is 45.3 Å². The summed E-state index contributed by atoms with van der Waals surface area (Å²) in [5.41, 5.74) is -0.145. The lowest BCUT2D eigenvalue weighted by Gasteiger charge is -2.40. The molecular formula is C38H44FN3O5S. The van der Waals surface area contributed by atoms with Crippen molar-refractivity contribution in [2.24, 2.45) is 0 Å². The van der Waals surface area contributed by atoms with Gasteiger partial charge in [-0.25, -0.2) is 9.18 Å². The van der Waals surface area contributed by atoms with Gasteiger partial charge in [0.05, 0.1) is 22.2 Å². The van der Waals surface area contributed by atoms with Gasteiger partial charge in [0, 0.05) is 24.7 Å². The van der Waals surface area contributed by atoms with Crippen LogP contribution in [0, 0.1) is 5.82 Å². The fourth-order valence-electron chi connectivity index (χ4n) is 7.15. The molecule has 3 aromatic carbocycles. The molecule has 6 rings (SSSR count). The first-order chi connectivity index (χ1) is 23.3. The highest BCUT2D eigenvalue weighted by atomic mass is 32.2. The van der Waals surface area contributed by atoms with E-state index in [1.807, 2.05) is 48.2 Å². The maximum atomic E-state index is 14.8. The molecule has 8 nitrogen and oxygen atoms in total. The molecule has 3 heterocycles. The molecule has 4 aromatic rings. The molecule has 2 saturated heterocycles. The number of aromatic nitrogens is 1. The van der Waals surface area contributed by atoms with Gasteiger partial charge in [-0.15, -0.1) is 11.8 Å². The highest BCUT2D eigenvalue weighted by Gasteiger charge is 2.50. The fraction of sp³-hybridized carbons (Fsp3) is 0.447. The molecule has 0 saturated carbocycles. The van der Waals surface area contributed by atoms with E-state index in [1.54, 1.807) is 0 Å². The highest BCUT2D eigenvalue weighted by Crippen LogP contribution is 2.48. The Hall–Kier alpha value is -3.89. The zero-order chi connectivity index (χ0) is 33.7. The number of benzene rings is 3. The third kappa shape index (κ3) is 7.25. The molecule has 254 valence electrons. The number of carboxylic acid groups (broad SMARTS) is 1. The number of thioether (sulfide) groups is 1. The topological polar surface area (TPSA) is 101 Å². The van der Waals surface area contributed by atoms with Crippen molar-refractivity contribution in [2.45, 2.75) is 81.4 Å². The van der Waals surface area contributed by atoms with E-state index in [-0.39, 0.29) is 33.1 Å². The molecule has 1 aromatic heterocycles. The van der Waals surface area contributed by atoms with Crippen LogP contribution in [0.3, 0.4) is 0 Å². The van der Waals surface area contributed by atoms with Crippen LogP contribution in [0.5, 0.6) is 5.75 Å². The summed E-state index contributed by atoms with van der Waals surface area (Å²) < 4.78 is 22.3. The van der Waals surface area contributed by atoms with Crippen LogP contribution >= 0.6 is 11.8 Å². The number of carbonyl (C=O) groups excluding carboxylic acids is 1. The molecule has 1 atom stereocenters. The molecule has 48 heavy (non-hydrogen) atoms. The van der Waals surface area contributed by atoms with Gasteiger partial charge in [-0.3, -0.25) is 9.59 Å². The molecule has 0 unspecified atom stereocenters. The minimum Gasteiger partial charge on any atom is -0.494 e. The van der Waals surface area contributed by atoms with Gasteiger partial charge in [-0.1, -0.05) is 56.9 Å². The molecule has 1 spiro atoms. The standard InChI is InChI=1S/C38H44FN3O5S/c1-2-33-36(44)42(38(48-33)16-18-40-19-17-38)20-7-5-3-4-6-8-21-47-29-15-14-27-22-26(12-13-28(27)23-29)24-41-25-31(37(45)46)35(43)30-10-9-11-32(39)34(30)41/h9-15,22-23,25,33,40H,2-8,16-21,24H2,1H3,(H,45,46)/t33-/m0/s1. The summed E-state index contributed by atoms with van der Waals surface area (Å²) in [5.74, 6) is -0.759. The summed E-state index contributed by atoms with van der Waals surface area (Å²) >= 11 is 1.91. The van der Waals surface area contributed by atoms with Gasteiger partial charge in [-0.05, 0) is 91.9 Å². The number of halogens is 1. The van der Waals surface area contributed by atoms with E-state index in [1.165, 1.54) is 35.4 Å². The number of fused-ring (bicyclic) bond motifs is 2. The van der Waals surface area contributed by atoms with Crippen molar-refractivity contribution in [1.29, 1.82) is 0 Å². The van der Waals surface area contributed by atoms with Gasteiger partial charge < -0.3 is 24.6 Å². The van der Waals surface area contributed by atoms with Crippen LogP contribution in [0.4, 0.5) is 4.39 Å². The maximum absolute atomic E-state index is 14.8. The van der Waals surface area contributed by atoms with Crippen LogP contribution in [0.1, 0.15) is 80.6 Å². The number of nitrogens with one attached hydrogen (secondary N) is 1. The molecular weight excluding hydrogens is 629 g/mol. The number of piperidine rings is 1. The van der Waals surface area contributed by atoms with Gasteiger partial charge in [0.25, 0.3) is 0 Å². The van der Waals surface area contributed by atoms with E-state index < -0.39 is 17.2 Å². The zero-order valence-electron chi connectivity index (χ0n) is 27.5. The van der Waals surface area contributed by atoms with Crippen LogP contribution in [0.2, 0.25) is 0 Å². The molecule has 2 aliphatic heterocycles. The molecule has 0 bridgehead atoms. The number of hydrogen-bond donors (Lipinski definition) is 2. The van der Waals surface area contributed by atoms with Gasteiger partial charge in [0.15, 0.2) is 0 Å². The molecule has 1 amide bonds. The molecule has 0 aliphatic carbocycles. The smallest absolute Gasteiger partial charge is 0.341 e. The lowest BCUT2D eigenvalue weighted by Crippen LogP contribution is -2.51. The first-order valence-corrected chi connectivity index (χ1v) is 18.1. The average Bonchev–Trinajstić information content (AvgIpc) is 3.34. The summed E-state index contributed by atoms with van der Waals surface area (Å²) in [6.07, 6.45) is 10.8. The number of para-hydroxylation sites is 1. The number of ether oxygens (including phenoxy) is 1. The number of amides is 1. The highest BCUT2D eigenvalue weighted by molar-refractivity contribution is 8.02. The average molecular weight is 674 g/mol. The number of hydrogen-bond acceptors (Lipinski definition) is 6. The normalized spacial score (nSPS) is 17.5. The van der Waals surface area contributed by atoms with Crippen LogP contribution in [-0.4, -0.2) is 62.8 Å². The Morgan fingerprint density at radius 2 is 1.73 bits per heavy atom. The fourth-order valence-corrected chi connectivity index (χ4v) is 8.82. The minimum absolute atomic E-state index is 0.0142. The predicted molar refractivity (Wildman–Crippen MR) is 190 cm³/mol. The monoisotopic (exact) mass is 673 g/mol. The molecule has 2 fully saturated rings. The summed E-state index contributed by atoms with van der Waals surface area (Å²) in [6.45, 7) is 5.85. The summed E-state index contributed by atoms with van der Waals surface area (Å²) in [6, 6.07) is 16.0. The van der Waals surface area contributed by atoms with E-state index in [9.17, 15) is 23.9 Å². The summed E-state index contributed by atoms with van der Waals surface area (Å²) in [5, 5.41) is 15.2. The largest absolute Gasteiger partial charge is 0.494 e. The lowest BCUT2D eigenvalue weighted by atomic mass is 10.0. The Kier molecular flexibility index (Phi) is 10.7. The maximum Gasteiger partial charge on any atom is 0.341 e. The first kappa shape index (κ1) is 34.0. The van der Waals surface area contributed by atoms with Gasteiger partial charge in [0.1, 0.15) is 17.1 Å². The van der Waals surface area contributed by atoms with E-state index in [2.05, 4.69) is 17.1 Å². The van der Waals surface area contributed by atoms with E-state index in [4.69, 9.17) is 4.74 Å². The van der Waals surface area contributed by atoms with Crippen LogP contribution in [0.25, 0.3) is 21.7 Å². The molecule has 2 aliphatic rings. The molecule has 10 heteroatoms. The molecule has 2 N–H and O–H groups in total. The minimum atomic E-state index is -1.34. The summed E-state index contributed by atoms with van der Waals surface area (Å²) in [4.78, 5) is 39.6. The van der Waals surface area contributed by atoms with Gasteiger partial charge >= 0.3 is 5.97 Å². The van der Waals surface area contributed by atoms with Gasteiger partial charge in [0.2, 0.25) is 11.3 Å². The Morgan fingerprint density at radius 1 is 1.00 bits per heavy atom. The van der Waals surface area contributed by atoms with Crippen LogP contribution < -0.4 is 15.5 Å². The SMILES string of the molecule is CC[C@@H]1SC2(CCNCC2)N(CCCCCCCCOc2ccc3cc(Cn4cc(C(=O)O)c(=O)c5cccc(F)c54)ccc3c2)C1=O. The van der Waals surface area contributed by atoms with Crippen molar-refractivity contribution in [3.63, 3.8) is 0 Å². The van der Waals surface area contributed by atoms with E-state index in [0.29, 0.717) is 12.5 Å². The Balaban J connectivity index is 0.961. The van der Waals surface area contributed by atoms with Gasteiger partial charge in [-0.2, -0.15) is 0 Å². The lowest BCUT2D eigenvalue weighted by molar-refractivity contribution is -0.132. The summed E-state index contributed by atoms with van der Waals surface area (Å²) in [7, 11) is 0. The zero-order valence-corrected chi connectivity index (χ0v) is 28.3. The third-order valence-corrected chi connectivity index (χ3v) is 11.6. The number of carboxylic acids is 1. The number of rotatable bonds is 14. The second kappa shape index (κ2) is 15.1. The van der Waals surface area contributed by atoms with Crippen LogP contribution in [0.15, 0.2) is 65.6 Å². The van der Waals surface area contributed by atoms with Crippen molar-refractivity contribution in [3.05, 3.63) is 88.0 Å². The number of pyridine rings is 1. The third-order valence-electron chi connectivity index (χ3n) is 9.70. The number of aromatic carboxylic acids is 1. The van der Waals surface area contributed by atoms with E-state index in [0.717, 1.165) is 93.1 Å². The Morgan fingerprint density at radius 3 is 2.50 bits per heavy atom. The van der Waals surface area contributed by atoms with Crippen molar-refractivity contribution in [3.8, 4) is 5.75 Å². The number of unbranched alkanes of at least 4 members (excludes halogenated alkanes) is 5. The second-order valence-electron chi connectivity index (χ2n) is 13.0. The molecule has 0 radical (unpaired) electrons.